The Bertz CT molecular complexity index is 3340. The zero-order valence-electron chi connectivity index (χ0n) is 43.4. The molecule has 23 heteroatoms. The summed E-state index contributed by atoms with van der Waals surface area (Å²) < 4.78 is 33.8. The Morgan fingerprint density at radius 2 is 1.58 bits per heavy atom. The molecule has 6 N–H and O–H groups in total. The zero-order chi connectivity index (χ0) is 56.1. The van der Waals surface area contributed by atoms with Gasteiger partial charge in [0.2, 0.25) is 41.4 Å². The number of aryl methyl sites for hydroxylation is 2. The first kappa shape index (κ1) is 55.9. The molecular formula is C56H59FN8O13S. The van der Waals surface area contributed by atoms with Crippen molar-refractivity contribution in [3.63, 3.8) is 0 Å². The highest BCUT2D eigenvalue weighted by molar-refractivity contribution is 7.82. The van der Waals surface area contributed by atoms with Crippen LogP contribution in [0.1, 0.15) is 83.2 Å². The van der Waals surface area contributed by atoms with Gasteiger partial charge in [0.1, 0.15) is 25.2 Å². The van der Waals surface area contributed by atoms with Crippen LogP contribution in [0.25, 0.3) is 22.3 Å². The van der Waals surface area contributed by atoms with Gasteiger partial charge in [0, 0.05) is 47.3 Å². The summed E-state index contributed by atoms with van der Waals surface area (Å²) in [6.45, 7) is 2.59. The Kier molecular flexibility index (Phi) is 17.0. The van der Waals surface area contributed by atoms with Crippen LogP contribution in [-0.2, 0) is 90.4 Å². The van der Waals surface area contributed by atoms with Crippen LogP contribution in [0.5, 0.6) is 0 Å². The number of aliphatic hydroxyl groups excluding tert-OH is 1. The Morgan fingerprint density at radius 1 is 0.873 bits per heavy atom. The second kappa shape index (κ2) is 24.0. The van der Waals surface area contributed by atoms with E-state index < -0.39 is 76.9 Å². The minimum Gasteiger partial charge on any atom is -0.458 e. The Morgan fingerprint density at radius 3 is 2.33 bits per heavy atom. The van der Waals surface area contributed by atoms with Crippen molar-refractivity contribution in [3.05, 3.63) is 127 Å². The van der Waals surface area contributed by atoms with Crippen molar-refractivity contribution in [2.75, 3.05) is 51.1 Å². The first-order chi connectivity index (χ1) is 37.9. The van der Waals surface area contributed by atoms with E-state index in [0.717, 1.165) is 38.1 Å². The van der Waals surface area contributed by atoms with Gasteiger partial charge in [0.25, 0.3) is 5.56 Å². The van der Waals surface area contributed by atoms with E-state index in [9.17, 15) is 48.3 Å². The molecule has 5 heterocycles. The molecule has 414 valence electrons. The van der Waals surface area contributed by atoms with Crippen LogP contribution >= 0.6 is 12.6 Å². The van der Waals surface area contributed by atoms with Gasteiger partial charge in [-0.2, -0.15) is 12.6 Å². The average Bonchev–Trinajstić information content (AvgIpc) is 3.17. The predicted octanol–water partition coefficient (Wildman–Crippen LogP) is 1.93. The highest BCUT2D eigenvalue weighted by Crippen LogP contribution is 2.48. The molecule has 3 aromatic carbocycles. The molecule has 4 atom stereocenters. The van der Waals surface area contributed by atoms with Gasteiger partial charge in [-0.3, -0.25) is 38.4 Å². The number of carbonyl (C=O) groups excluding carboxylic acids is 8. The van der Waals surface area contributed by atoms with Crippen molar-refractivity contribution < 1.29 is 62.1 Å². The van der Waals surface area contributed by atoms with Crippen molar-refractivity contribution in [2.45, 2.75) is 94.8 Å². The summed E-state index contributed by atoms with van der Waals surface area (Å²) in [6, 6.07) is 17.6. The fourth-order valence-corrected chi connectivity index (χ4v) is 10.8. The number of aromatic nitrogens is 2. The Labute approximate surface area is 457 Å². The molecule has 7 amide bonds. The van der Waals surface area contributed by atoms with Gasteiger partial charge in [0.05, 0.1) is 79.4 Å². The molecule has 0 bridgehead atoms. The number of imide groups is 1. The Hall–Kier alpha value is -7.86. The summed E-state index contributed by atoms with van der Waals surface area (Å²) in [7, 11) is 0. The lowest BCUT2D eigenvalue weighted by Crippen LogP contribution is -2.52. The minimum absolute atomic E-state index is 0.0432. The number of halogens is 1. The van der Waals surface area contributed by atoms with Gasteiger partial charge >= 0.3 is 5.97 Å². The van der Waals surface area contributed by atoms with Crippen molar-refractivity contribution in [2.24, 2.45) is 0 Å². The minimum atomic E-state index is -1.62. The molecule has 1 fully saturated rings. The quantitative estimate of drug-likeness (QED) is 0.0168. The zero-order valence-corrected chi connectivity index (χ0v) is 44.3. The molecule has 4 unspecified atom stereocenters. The van der Waals surface area contributed by atoms with Gasteiger partial charge in [-0.1, -0.05) is 49.4 Å². The summed E-state index contributed by atoms with van der Waals surface area (Å²) in [4.78, 5) is 121. The summed E-state index contributed by atoms with van der Waals surface area (Å²) in [6.07, 6.45) is 0.731. The number of carbonyl (C=O) groups is 8. The number of rotatable bonds is 22. The molecule has 79 heavy (non-hydrogen) atoms. The maximum Gasteiger partial charge on any atom is 0.340 e. The molecule has 5 aromatic rings. The number of fused-ring (bicyclic) bond motifs is 5. The number of thiol groups is 1. The van der Waals surface area contributed by atoms with E-state index in [1.807, 2.05) is 6.92 Å². The van der Waals surface area contributed by atoms with Gasteiger partial charge in [0.15, 0.2) is 6.10 Å². The van der Waals surface area contributed by atoms with Gasteiger partial charge < -0.3 is 50.5 Å². The van der Waals surface area contributed by atoms with Gasteiger partial charge in [-0.25, -0.2) is 19.1 Å². The van der Waals surface area contributed by atoms with E-state index >= 15 is 4.39 Å². The van der Waals surface area contributed by atoms with E-state index in [-0.39, 0.29) is 94.4 Å². The number of benzene rings is 3. The maximum atomic E-state index is 15.4. The summed E-state index contributed by atoms with van der Waals surface area (Å²) >= 11 is 4.15. The number of amides is 7. The predicted molar refractivity (Wildman–Crippen MR) is 286 cm³/mol. The third-order valence-electron chi connectivity index (χ3n) is 14.7. The number of anilines is 1. The second-order valence-electron chi connectivity index (χ2n) is 20.2. The molecule has 2 aromatic heterocycles. The van der Waals surface area contributed by atoms with Crippen LogP contribution in [0.15, 0.2) is 71.5 Å². The van der Waals surface area contributed by atoms with Crippen LogP contribution in [0, 0.1) is 12.7 Å². The number of cyclic esters (lactones) is 1. The summed E-state index contributed by atoms with van der Waals surface area (Å²) in [5.74, 6) is -4.87. The van der Waals surface area contributed by atoms with Gasteiger partial charge in [-0.05, 0) is 78.6 Å². The van der Waals surface area contributed by atoms with Crippen molar-refractivity contribution in [1.82, 2.24) is 36.1 Å². The van der Waals surface area contributed by atoms with Gasteiger partial charge in [-0.15, -0.1) is 0 Å². The third-order valence-corrected chi connectivity index (χ3v) is 15.1. The van der Waals surface area contributed by atoms with E-state index in [2.05, 4.69) is 39.2 Å². The number of hydrogen-bond donors (Lipinski definition) is 7. The van der Waals surface area contributed by atoms with E-state index in [1.165, 1.54) is 6.07 Å². The number of nitrogens with one attached hydrogen (secondary N) is 5. The van der Waals surface area contributed by atoms with Crippen LogP contribution in [0.3, 0.4) is 0 Å². The summed E-state index contributed by atoms with van der Waals surface area (Å²) in [5.41, 5.74) is 5.68. The molecule has 1 saturated heterocycles. The molecule has 9 rings (SSSR count). The van der Waals surface area contributed by atoms with Crippen LogP contribution in [-0.4, -0.2) is 119 Å². The molecule has 3 aliphatic heterocycles. The molecule has 0 saturated carbocycles. The monoisotopic (exact) mass is 1100 g/mol. The first-order valence-electron chi connectivity index (χ1n) is 25.9. The number of esters is 1. The smallest absolute Gasteiger partial charge is 0.340 e. The average molecular weight is 1100 g/mol. The Balaban J connectivity index is 0.703. The van der Waals surface area contributed by atoms with Crippen molar-refractivity contribution >= 4 is 76.5 Å². The molecule has 4 aliphatic rings. The lowest BCUT2D eigenvalue weighted by molar-refractivity contribution is -0.157. The second-order valence-corrected chi connectivity index (χ2v) is 20.8. The number of ether oxygens (including phenoxy) is 3. The standard InChI is InChI=1S/C56H59FN8O13S/c1-30-34-15-16-56(2,49-36-26-64-41(50(36)63-39(48(34)49)21-38(30)57)20-35-37(53(64)73)27-78-55(75)51(35)71)28-76-17-18-77-29-61-45(68)24-60-52(72)40(19-32-7-4-3-5-8-32)62-46(69)25-59-44(67)23-58-43(66)10-6-9-31-11-13-33(14-12-31)65-47(70)22-42(79)54(65)74/h3-5,7-8,11-14,20-21,40,42,51,71,79H,6,9-10,15-19,22-29H2,1-2H3,(H,58,66)(H,59,67)(H,60,72)(H,61,68)(H,62,69). The highest BCUT2D eigenvalue weighted by Gasteiger charge is 2.42. The number of aliphatic hydroxyl groups is 1. The van der Waals surface area contributed by atoms with E-state index in [0.29, 0.717) is 53.8 Å². The lowest BCUT2D eigenvalue weighted by Gasteiger charge is -2.37. The molecule has 0 radical (unpaired) electrons. The molecule has 0 spiro atoms. The van der Waals surface area contributed by atoms with Crippen LogP contribution in [0.2, 0.25) is 0 Å². The van der Waals surface area contributed by atoms with Crippen molar-refractivity contribution in [3.8, 4) is 11.4 Å². The fraction of sp³-hybridized carbons (Fsp3) is 0.393. The largest absolute Gasteiger partial charge is 0.458 e. The van der Waals surface area contributed by atoms with Crippen molar-refractivity contribution in [1.29, 1.82) is 0 Å². The topological polar surface area (TPSA) is 283 Å². The van der Waals surface area contributed by atoms with Crippen LogP contribution < -0.4 is 37.0 Å². The molecular weight excluding hydrogens is 1040 g/mol. The first-order valence-corrected chi connectivity index (χ1v) is 26.4. The SMILES string of the molecule is Cc1c(F)cc2nc3c(c4c2c1CCC4(C)COCCOCNC(=O)CNC(=O)C(Cc1ccccc1)NC(=O)CNC(=O)CNC(=O)CCCc1ccc(N2C(=O)CC(S)C2=O)cc1)Cn1c-3cc2c(c1=O)COC(=O)C2O. The normalized spacial score (nSPS) is 18.3. The molecule has 21 nitrogen and oxygen atoms in total. The lowest BCUT2D eigenvalue weighted by atomic mass is 9.69. The summed E-state index contributed by atoms with van der Waals surface area (Å²) in [5, 5.41) is 23.5. The number of hydrogen-bond acceptors (Lipinski definition) is 15. The van der Waals surface area contributed by atoms with Crippen LogP contribution in [0.4, 0.5) is 10.1 Å². The highest BCUT2D eigenvalue weighted by atomic mass is 32.1. The van der Waals surface area contributed by atoms with E-state index in [4.69, 9.17) is 19.2 Å². The van der Waals surface area contributed by atoms with E-state index in [1.54, 1.807) is 72.2 Å². The maximum absolute atomic E-state index is 15.4. The number of nitrogens with zero attached hydrogens (tertiary/aromatic N) is 3. The number of pyridine rings is 2. The fourth-order valence-electron chi connectivity index (χ4n) is 10.5. The third kappa shape index (κ3) is 12.2. The molecule has 1 aliphatic carbocycles.